The number of benzene rings is 1. The van der Waals surface area contributed by atoms with Gasteiger partial charge in [-0.15, -0.1) is 0 Å². The second-order valence-electron chi connectivity index (χ2n) is 8.04. The summed E-state index contributed by atoms with van der Waals surface area (Å²) in [7, 11) is -1.48. The molecule has 1 aromatic rings. The fourth-order valence-electron chi connectivity index (χ4n) is 4.90. The number of amides is 1. The van der Waals surface area contributed by atoms with Crippen LogP contribution in [0.3, 0.4) is 0 Å². The molecule has 3 fully saturated rings. The Morgan fingerprint density at radius 3 is 2.52 bits per heavy atom. The first kappa shape index (κ1) is 18.7. The van der Waals surface area contributed by atoms with Gasteiger partial charge in [-0.1, -0.05) is 12.1 Å². The number of methoxy groups -OCH3 is 1. The van der Waals surface area contributed by atoms with Gasteiger partial charge in [-0.05, 0) is 37.0 Å². The van der Waals surface area contributed by atoms with Crippen LogP contribution in [0, 0.1) is 11.8 Å². The molecule has 3 saturated heterocycles. The Bertz CT molecular complexity index is 787. The lowest BCUT2D eigenvalue weighted by molar-refractivity contribution is -0.136. The Hall–Kier alpha value is -1.60. The van der Waals surface area contributed by atoms with Gasteiger partial charge in [0.1, 0.15) is 5.75 Å². The van der Waals surface area contributed by atoms with Crippen LogP contribution in [0.15, 0.2) is 24.3 Å². The van der Waals surface area contributed by atoms with Crippen molar-refractivity contribution in [3.8, 4) is 5.75 Å². The average Bonchev–Trinajstić information content (AvgIpc) is 3.32. The predicted octanol–water partition coefficient (Wildman–Crippen LogP) is 1.55. The van der Waals surface area contributed by atoms with Gasteiger partial charge < -0.3 is 9.64 Å². The lowest BCUT2D eigenvalue weighted by Crippen LogP contribution is -2.47. The van der Waals surface area contributed by atoms with Crippen LogP contribution < -0.4 is 4.74 Å². The smallest absolute Gasteiger partial charge is 0.226 e. The molecule has 3 aliphatic rings. The maximum atomic E-state index is 13.0. The first-order valence-electron chi connectivity index (χ1n) is 9.83. The summed E-state index contributed by atoms with van der Waals surface area (Å²) >= 11 is 0. The van der Waals surface area contributed by atoms with E-state index in [4.69, 9.17) is 4.74 Å². The van der Waals surface area contributed by atoms with Gasteiger partial charge in [0.25, 0.3) is 0 Å². The van der Waals surface area contributed by atoms with Crippen molar-refractivity contribution in [2.45, 2.75) is 31.1 Å². The molecule has 0 saturated carbocycles. The van der Waals surface area contributed by atoms with Crippen LogP contribution in [-0.4, -0.2) is 68.4 Å². The number of carbonyl (C=O) groups excluding carboxylic acids is 1. The van der Waals surface area contributed by atoms with Crippen molar-refractivity contribution >= 4 is 15.7 Å². The highest BCUT2D eigenvalue weighted by molar-refractivity contribution is 7.92. The SMILES string of the molecule is COc1ccc(CN2C[C@@H]3[C@@H](C(=O)N4CCCC4)CCS(=O)(=O)[C@@H]3C2)cc1. The Morgan fingerprint density at radius 1 is 1.15 bits per heavy atom. The minimum Gasteiger partial charge on any atom is -0.497 e. The molecule has 1 aromatic carbocycles. The zero-order valence-electron chi connectivity index (χ0n) is 15.8. The molecule has 0 aromatic heterocycles. The van der Waals surface area contributed by atoms with Crippen LogP contribution in [0.4, 0.5) is 0 Å². The van der Waals surface area contributed by atoms with Crippen molar-refractivity contribution in [1.82, 2.24) is 9.80 Å². The third-order valence-electron chi connectivity index (χ3n) is 6.38. The van der Waals surface area contributed by atoms with Gasteiger partial charge in [-0.2, -0.15) is 0 Å². The molecule has 4 rings (SSSR count). The van der Waals surface area contributed by atoms with Crippen LogP contribution >= 0.6 is 0 Å². The molecular formula is C20H28N2O4S. The van der Waals surface area contributed by atoms with Gasteiger partial charge in [-0.3, -0.25) is 9.69 Å². The second kappa shape index (κ2) is 7.43. The molecule has 6 nitrogen and oxygen atoms in total. The number of rotatable bonds is 4. The normalized spacial score (nSPS) is 30.3. The number of fused-ring (bicyclic) bond motifs is 1. The number of carbonyl (C=O) groups is 1. The summed E-state index contributed by atoms with van der Waals surface area (Å²) in [6.45, 7) is 3.57. The van der Waals surface area contributed by atoms with Gasteiger partial charge in [-0.25, -0.2) is 8.42 Å². The molecule has 0 radical (unpaired) electrons. The van der Waals surface area contributed by atoms with E-state index in [1.165, 1.54) is 0 Å². The van der Waals surface area contributed by atoms with Crippen LogP contribution in [0.1, 0.15) is 24.8 Å². The van der Waals surface area contributed by atoms with Crippen molar-refractivity contribution < 1.29 is 17.9 Å². The highest BCUT2D eigenvalue weighted by Crippen LogP contribution is 2.38. The van der Waals surface area contributed by atoms with Gasteiger partial charge in [0.2, 0.25) is 5.91 Å². The zero-order valence-corrected chi connectivity index (χ0v) is 16.7. The summed E-state index contributed by atoms with van der Waals surface area (Å²) in [6, 6.07) is 7.88. The Kier molecular flexibility index (Phi) is 5.16. The van der Waals surface area contributed by atoms with Gasteiger partial charge >= 0.3 is 0 Å². The Balaban J connectivity index is 1.49. The lowest BCUT2D eigenvalue weighted by Gasteiger charge is -2.34. The molecular weight excluding hydrogens is 364 g/mol. The summed E-state index contributed by atoms with van der Waals surface area (Å²) in [5.41, 5.74) is 1.13. The lowest BCUT2D eigenvalue weighted by atomic mass is 9.87. The van der Waals surface area contributed by atoms with Crippen LogP contribution in [0.2, 0.25) is 0 Å². The number of hydrogen-bond donors (Lipinski definition) is 0. The molecule has 0 N–H and O–H groups in total. The second-order valence-corrected chi connectivity index (χ2v) is 10.4. The molecule has 7 heteroatoms. The first-order chi connectivity index (χ1) is 13.0. The Morgan fingerprint density at radius 2 is 1.85 bits per heavy atom. The summed E-state index contributed by atoms with van der Waals surface area (Å²) in [5, 5.41) is -0.402. The van der Waals surface area contributed by atoms with Gasteiger partial charge in [0.05, 0.1) is 18.1 Å². The summed E-state index contributed by atoms with van der Waals surface area (Å²) in [4.78, 5) is 17.1. The molecule has 1 amide bonds. The van der Waals surface area contributed by atoms with Crippen molar-refractivity contribution in [2.75, 3.05) is 39.0 Å². The first-order valence-corrected chi connectivity index (χ1v) is 11.5. The average molecular weight is 393 g/mol. The van der Waals surface area contributed by atoms with Crippen molar-refractivity contribution in [3.05, 3.63) is 29.8 Å². The third-order valence-corrected chi connectivity index (χ3v) is 8.60. The van der Waals surface area contributed by atoms with Gasteiger partial charge in [0, 0.05) is 44.6 Å². The molecule has 0 spiro atoms. The monoisotopic (exact) mass is 392 g/mol. The maximum absolute atomic E-state index is 13.0. The van der Waals surface area contributed by atoms with Crippen molar-refractivity contribution in [2.24, 2.45) is 11.8 Å². The number of ether oxygens (including phenoxy) is 1. The summed E-state index contributed by atoms with van der Waals surface area (Å²) < 4.78 is 30.5. The fourth-order valence-corrected chi connectivity index (χ4v) is 7.03. The van der Waals surface area contributed by atoms with E-state index in [1.54, 1.807) is 7.11 Å². The highest BCUT2D eigenvalue weighted by Gasteiger charge is 2.51. The molecule has 148 valence electrons. The van der Waals surface area contributed by atoms with E-state index in [0.29, 0.717) is 26.1 Å². The van der Waals surface area contributed by atoms with E-state index in [9.17, 15) is 13.2 Å². The Labute approximate surface area is 161 Å². The van der Waals surface area contributed by atoms with Crippen LogP contribution in [-0.2, 0) is 21.2 Å². The molecule has 0 unspecified atom stereocenters. The molecule has 0 aliphatic carbocycles. The maximum Gasteiger partial charge on any atom is 0.226 e. The number of nitrogens with zero attached hydrogens (tertiary/aromatic N) is 2. The van der Waals surface area contributed by atoms with Gasteiger partial charge in [0.15, 0.2) is 9.84 Å². The van der Waals surface area contributed by atoms with Crippen molar-refractivity contribution in [1.29, 1.82) is 0 Å². The standard InChI is InChI=1S/C20H28N2O4S/c1-26-16-6-4-15(5-7-16)12-21-13-18-17(20(23)22-9-2-3-10-22)8-11-27(24,25)19(18)14-21/h4-7,17-19H,2-3,8-14H2,1H3/t17-,18+,19+/m0/s1. The molecule has 3 atom stereocenters. The summed E-state index contributed by atoms with van der Waals surface area (Å²) in [6.07, 6.45) is 2.61. The zero-order chi connectivity index (χ0) is 19.0. The minimum absolute atomic E-state index is 0.0740. The third kappa shape index (κ3) is 3.72. The molecule has 3 aliphatic heterocycles. The number of hydrogen-bond acceptors (Lipinski definition) is 5. The van der Waals surface area contributed by atoms with Crippen LogP contribution in [0.25, 0.3) is 0 Å². The molecule has 3 heterocycles. The minimum atomic E-state index is -3.12. The topological polar surface area (TPSA) is 66.9 Å². The largest absolute Gasteiger partial charge is 0.497 e. The van der Waals surface area contributed by atoms with E-state index in [2.05, 4.69) is 4.90 Å². The highest BCUT2D eigenvalue weighted by atomic mass is 32.2. The quantitative estimate of drug-likeness (QED) is 0.778. The van der Waals surface area contributed by atoms with E-state index >= 15 is 0 Å². The number of likely N-dealkylation sites (tertiary alicyclic amines) is 2. The summed E-state index contributed by atoms with van der Waals surface area (Å²) in [5.74, 6) is 0.929. The molecule has 0 bridgehead atoms. The van der Waals surface area contributed by atoms with E-state index in [1.807, 2.05) is 29.2 Å². The van der Waals surface area contributed by atoms with Crippen LogP contribution in [0.5, 0.6) is 5.75 Å². The predicted molar refractivity (Wildman–Crippen MR) is 103 cm³/mol. The molecule has 27 heavy (non-hydrogen) atoms. The van der Waals surface area contributed by atoms with Crippen molar-refractivity contribution in [3.63, 3.8) is 0 Å². The van der Waals surface area contributed by atoms with E-state index in [0.717, 1.165) is 37.2 Å². The fraction of sp³-hybridized carbons (Fsp3) is 0.650. The van der Waals surface area contributed by atoms with E-state index < -0.39 is 15.1 Å². The van der Waals surface area contributed by atoms with E-state index in [-0.39, 0.29) is 23.5 Å². The number of sulfone groups is 1.